The molecule has 13 heteroatoms. The molecule has 11 nitrogen and oxygen atoms in total. The third-order valence-corrected chi connectivity index (χ3v) is 11.5. The highest BCUT2D eigenvalue weighted by Gasteiger charge is 2.23. The van der Waals surface area contributed by atoms with Crippen LogP contribution >= 0.6 is 27.5 Å². The number of methoxy groups -OCH3 is 1. The molecule has 0 amide bonds. The highest BCUT2D eigenvalue weighted by atomic mass is 79.9. The summed E-state index contributed by atoms with van der Waals surface area (Å²) in [5.41, 5.74) is 11.0. The summed E-state index contributed by atoms with van der Waals surface area (Å²) in [7, 11) is 1.63. The number of aryl methyl sites for hydroxylation is 1. The molecule has 2 heterocycles. The van der Waals surface area contributed by atoms with Gasteiger partial charge in [0.2, 0.25) is 0 Å². The molecule has 0 unspecified atom stereocenters. The van der Waals surface area contributed by atoms with Gasteiger partial charge in [-0.05, 0) is 108 Å². The van der Waals surface area contributed by atoms with Crippen molar-refractivity contribution in [3.8, 4) is 5.75 Å². The topological polar surface area (TPSA) is 120 Å². The lowest BCUT2D eigenvalue weighted by molar-refractivity contribution is -0.141. The zero-order valence-electron chi connectivity index (χ0n) is 33.0. The molecule has 4 aromatic rings. The number of nitrogens with two attached hydrogens (primary N) is 1. The highest BCUT2D eigenvalue weighted by molar-refractivity contribution is 9.10. The van der Waals surface area contributed by atoms with Crippen molar-refractivity contribution in [1.82, 2.24) is 19.3 Å². The quantitative estimate of drug-likeness (QED) is 0.105. The van der Waals surface area contributed by atoms with E-state index >= 15 is 0 Å². The van der Waals surface area contributed by atoms with E-state index in [1.54, 1.807) is 42.0 Å². The summed E-state index contributed by atoms with van der Waals surface area (Å²) >= 11 is 9.41. The van der Waals surface area contributed by atoms with Gasteiger partial charge in [-0.15, -0.1) is 0 Å². The lowest BCUT2D eigenvalue weighted by atomic mass is 9.93. The standard InChI is InChI=1S/C26H41BrN4O4.C17H14ClNO2/c1-3-31(23-7-5-4-6-8-23)19-22-17-21(18-24(27)25(22)28)26(33)35-16-14-30-11-9-29(10-12-30)13-15-34-20(2)32;1-11-9-13-10-15(21-2)7-8-16(13)19(11)17(20)12-3-5-14(18)6-4-12/h17-18,23H,3-16,19,28H2,1-2H3;3-10H,1-2H3. The Bertz CT molecular complexity index is 1940. The molecule has 3 aromatic carbocycles. The smallest absolute Gasteiger partial charge is 0.338 e. The van der Waals surface area contributed by atoms with Crippen molar-refractivity contribution in [2.45, 2.75) is 65.5 Å². The summed E-state index contributed by atoms with van der Waals surface area (Å²) in [5, 5.41) is 1.60. The minimum Gasteiger partial charge on any atom is -0.497 e. The minimum atomic E-state index is -0.312. The van der Waals surface area contributed by atoms with E-state index in [0.29, 0.717) is 47.6 Å². The number of nitrogen functional groups attached to an aromatic ring is 1. The Morgan fingerprint density at radius 3 is 2.12 bits per heavy atom. The number of aromatic nitrogens is 1. The van der Waals surface area contributed by atoms with E-state index in [0.717, 1.165) is 78.2 Å². The summed E-state index contributed by atoms with van der Waals surface area (Å²) in [5.74, 6) is 0.160. The van der Waals surface area contributed by atoms with Gasteiger partial charge in [0.15, 0.2) is 0 Å². The van der Waals surface area contributed by atoms with Gasteiger partial charge in [-0.3, -0.25) is 28.9 Å². The van der Waals surface area contributed by atoms with Crippen LogP contribution < -0.4 is 10.5 Å². The van der Waals surface area contributed by atoms with Gasteiger partial charge >= 0.3 is 11.9 Å². The van der Waals surface area contributed by atoms with Crippen molar-refractivity contribution in [2.75, 3.05) is 71.9 Å². The number of nitrogens with zero attached hydrogens (tertiary/aromatic N) is 4. The molecule has 56 heavy (non-hydrogen) atoms. The Hall–Kier alpha value is -3.94. The number of carbonyl (C=O) groups is 3. The molecule has 6 rings (SSSR count). The summed E-state index contributed by atoms with van der Waals surface area (Å²) in [6.45, 7) is 13.1. The van der Waals surface area contributed by atoms with Crippen molar-refractivity contribution in [1.29, 1.82) is 0 Å². The molecular formula is C43H55BrClN5O6. The summed E-state index contributed by atoms with van der Waals surface area (Å²) < 4.78 is 18.3. The fraction of sp³-hybridized carbons (Fsp3) is 0.465. The number of ether oxygens (including phenoxy) is 3. The van der Waals surface area contributed by atoms with Crippen molar-refractivity contribution < 1.29 is 28.6 Å². The van der Waals surface area contributed by atoms with Gasteiger partial charge in [-0.2, -0.15) is 0 Å². The third-order valence-electron chi connectivity index (χ3n) is 10.6. The number of anilines is 1. The number of esters is 2. The van der Waals surface area contributed by atoms with Gasteiger partial charge in [0.1, 0.15) is 19.0 Å². The molecule has 1 saturated heterocycles. The van der Waals surface area contributed by atoms with Crippen LogP contribution in [-0.2, 0) is 20.8 Å². The van der Waals surface area contributed by atoms with E-state index in [4.69, 9.17) is 31.5 Å². The van der Waals surface area contributed by atoms with Crippen molar-refractivity contribution >= 4 is 62.0 Å². The zero-order valence-corrected chi connectivity index (χ0v) is 35.4. The molecule has 2 aliphatic rings. The molecule has 0 spiro atoms. The summed E-state index contributed by atoms with van der Waals surface area (Å²) in [6, 6.07) is 18.8. The first-order valence-electron chi connectivity index (χ1n) is 19.5. The number of benzene rings is 3. The minimum absolute atomic E-state index is 0.0654. The second-order valence-corrected chi connectivity index (χ2v) is 15.7. The monoisotopic (exact) mass is 851 g/mol. The van der Waals surface area contributed by atoms with E-state index in [1.807, 2.05) is 37.3 Å². The van der Waals surface area contributed by atoms with Gasteiger partial charge in [0, 0.05) is 84.9 Å². The van der Waals surface area contributed by atoms with Crippen LogP contribution in [0.25, 0.3) is 10.9 Å². The molecule has 1 saturated carbocycles. The van der Waals surface area contributed by atoms with Crippen LogP contribution in [0.5, 0.6) is 5.75 Å². The van der Waals surface area contributed by atoms with E-state index in [9.17, 15) is 14.4 Å². The summed E-state index contributed by atoms with van der Waals surface area (Å²) in [4.78, 5) is 43.5. The number of carbonyl (C=O) groups excluding carboxylic acids is 3. The van der Waals surface area contributed by atoms with E-state index in [2.05, 4.69) is 37.6 Å². The van der Waals surface area contributed by atoms with Gasteiger partial charge in [-0.1, -0.05) is 37.8 Å². The number of hydrogen-bond donors (Lipinski definition) is 1. The normalized spacial score (nSPS) is 15.3. The zero-order chi connectivity index (χ0) is 40.2. The van der Waals surface area contributed by atoms with Crippen LogP contribution in [0.3, 0.4) is 0 Å². The molecule has 1 aromatic heterocycles. The van der Waals surface area contributed by atoms with E-state index in [-0.39, 0.29) is 17.8 Å². The van der Waals surface area contributed by atoms with Crippen LogP contribution in [0.1, 0.15) is 77.9 Å². The van der Waals surface area contributed by atoms with Crippen LogP contribution in [-0.4, -0.2) is 109 Å². The van der Waals surface area contributed by atoms with Gasteiger partial charge in [0.25, 0.3) is 5.91 Å². The maximum absolute atomic E-state index is 12.8. The van der Waals surface area contributed by atoms with Crippen molar-refractivity contribution in [2.24, 2.45) is 0 Å². The van der Waals surface area contributed by atoms with E-state index in [1.165, 1.54) is 39.0 Å². The predicted molar refractivity (Wildman–Crippen MR) is 226 cm³/mol. The molecule has 1 aliphatic heterocycles. The number of rotatable bonds is 13. The molecule has 2 fully saturated rings. The van der Waals surface area contributed by atoms with Gasteiger partial charge in [0.05, 0.1) is 23.9 Å². The van der Waals surface area contributed by atoms with Crippen LogP contribution in [0.2, 0.25) is 5.02 Å². The largest absolute Gasteiger partial charge is 0.497 e. The molecule has 2 N–H and O–H groups in total. The number of halogens is 2. The molecule has 0 atom stereocenters. The molecule has 0 radical (unpaired) electrons. The average molecular weight is 853 g/mol. The Balaban J connectivity index is 0.000000242. The Labute approximate surface area is 344 Å². The maximum Gasteiger partial charge on any atom is 0.338 e. The average Bonchev–Trinajstić information content (AvgIpc) is 3.54. The number of piperazine rings is 1. The van der Waals surface area contributed by atoms with Crippen molar-refractivity contribution in [3.05, 3.63) is 92.5 Å². The first-order chi connectivity index (χ1) is 27.0. The number of fused-ring (bicyclic) bond motifs is 1. The second-order valence-electron chi connectivity index (χ2n) is 14.4. The fourth-order valence-corrected chi connectivity index (χ4v) is 8.07. The predicted octanol–water partition coefficient (Wildman–Crippen LogP) is 7.82. The van der Waals surface area contributed by atoms with Crippen LogP contribution in [0, 0.1) is 6.92 Å². The molecule has 302 valence electrons. The lowest BCUT2D eigenvalue weighted by Crippen LogP contribution is -2.48. The fourth-order valence-electron chi connectivity index (χ4n) is 7.44. The van der Waals surface area contributed by atoms with Gasteiger partial charge < -0.3 is 19.9 Å². The van der Waals surface area contributed by atoms with Crippen molar-refractivity contribution in [3.63, 3.8) is 0 Å². The Morgan fingerprint density at radius 2 is 1.52 bits per heavy atom. The van der Waals surface area contributed by atoms with Crippen LogP contribution in [0.4, 0.5) is 5.69 Å². The first-order valence-corrected chi connectivity index (χ1v) is 20.7. The first kappa shape index (κ1) is 43.2. The maximum atomic E-state index is 12.8. The lowest BCUT2D eigenvalue weighted by Gasteiger charge is -2.34. The highest BCUT2D eigenvalue weighted by Crippen LogP contribution is 2.30. The SMILES string of the molecule is CCN(Cc1cc(C(=O)OCCN2CCN(CCOC(C)=O)CC2)cc(Br)c1N)C1CCCCC1.COc1ccc2c(c1)cc(C)n2C(=O)c1ccc(Cl)cc1. The third kappa shape index (κ3) is 11.8. The second kappa shape index (κ2) is 21.0. The molecular weight excluding hydrogens is 798 g/mol. The van der Waals surface area contributed by atoms with E-state index < -0.39 is 0 Å². The van der Waals surface area contributed by atoms with Crippen LogP contribution in [0.15, 0.2) is 65.1 Å². The van der Waals surface area contributed by atoms with Gasteiger partial charge in [-0.25, -0.2) is 4.79 Å². The number of hydrogen-bond acceptors (Lipinski definition) is 10. The molecule has 1 aliphatic carbocycles. The Kier molecular flexibility index (Phi) is 16.2. The Morgan fingerprint density at radius 1 is 0.875 bits per heavy atom. The molecule has 0 bridgehead atoms. The summed E-state index contributed by atoms with van der Waals surface area (Å²) in [6.07, 6.45) is 6.37.